The van der Waals surface area contributed by atoms with Gasteiger partial charge in [0, 0.05) is 0 Å². The van der Waals surface area contributed by atoms with E-state index in [9.17, 15) is 12.8 Å². The number of aromatic nitrogens is 1. The van der Waals surface area contributed by atoms with Crippen LogP contribution in [0.4, 0.5) is 10.1 Å². The third kappa shape index (κ3) is 3.23. The Balaban J connectivity index is 2.04. The van der Waals surface area contributed by atoms with E-state index in [2.05, 4.69) is 9.71 Å². The highest BCUT2D eigenvalue weighted by atomic mass is 32.2. The second-order valence-electron chi connectivity index (χ2n) is 4.81. The number of nitrogens with one attached hydrogen (secondary N) is 1. The van der Waals surface area contributed by atoms with Gasteiger partial charge in [0.1, 0.15) is 17.8 Å². The molecule has 0 aliphatic carbocycles. The highest BCUT2D eigenvalue weighted by Crippen LogP contribution is 2.32. The maximum atomic E-state index is 13.3. The number of nitrogens with zero attached hydrogens (tertiary/aromatic N) is 1. The van der Waals surface area contributed by atoms with Crippen molar-refractivity contribution in [3.8, 4) is 17.2 Å². The number of sulfonamides is 1. The van der Waals surface area contributed by atoms with Crippen LogP contribution in [-0.4, -0.2) is 20.5 Å². The molecule has 0 atom stereocenters. The van der Waals surface area contributed by atoms with Gasteiger partial charge in [-0.25, -0.2) is 17.8 Å². The minimum atomic E-state index is -3.97. The monoisotopic (exact) mass is 348 g/mol. The lowest BCUT2D eigenvalue weighted by Gasteiger charge is -2.12. The van der Waals surface area contributed by atoms with Crippen molar-refractivity contribution in [1.29, 1.82) is 0 Å². The number of anilines is 1. The molecule has 3 aromatic rings. The average Bonchev–Trinajstić information content (AvgIpc) is 3.09. The van der Waals surface area contributed by atoms with Gasteiger partial charge in [-0.05, 0) is 36.4 Å². The SMILES string of the molecule is COc1ccc(NS(=O)(=O)c2cccc(F)c2)c(-c2ncco2)c1. The molecule has 0 saturated heterocycles. The first-order valence-corrected chi connectivity index (χ1v) is 8.34. The Bertz CT molecular complexity index is 956. The molecule has 0 unspecified atom stereocenters. The van der Waals surface area contributed by atoms with Crippen LogP contribution in [0, 0.1) is 5.82 Å². The number of methoxy groups -OCH3 is 1. The first-order chi connectivity index (χ1) is 11.5. The molecule has 0 saturated carbocycles. The number of halogens is 1. The maximum Gasteiger partial charge on any atom is 0.262 e. The lowest BCUT2D eigenvalue weighted by Crippen LogP contribution is -2.14. The predicted molar refractivity (Wildman–Crippen MR) is 85.7 cm³/mol. The van der Waals surface area contributed by atoms with Gasteiger partial charge in [0.25, 0.3) is 10.0 Å². The van der Waals surface area contributed by atoms with Crippen LogP contribution in [0.3, 0.4) is 0 Å². The molecular formula is C16H13FN2O4S. The number of hydrogen-bond donors (Lipinski definition) is 1. The molecule has 1 N–H and O–H groups in total. The molecule has 8 heteroatoms. The van der Waals surface area contributed by atoms with Crippen LogP contribution in [0.2, 0.25) is 0 Å². The zero-order chi connectivity index (χ0) is 17.2. The Hall–Kier alpha value is -2.87. The highest BCUT2D eigenvalue weighted by molar-refractivity contribution is 7.92. The predicted octanol–water partition coefficient (Wildman–Crippen LogP) is 3.29. The standard InChI is InChI=1S/C16H13FN2O4S/c1-22-12-5-6-15(14(10-12)16-18-7-8-23-16)19-24(20,21)13-4-2-3-11(17)9-13/h2-10,19H,1H3. The second kappa shape index (κ2) is 6.32. The van der Waals surface area contributed by atoms with E-state index in [-0.39, 0.29) is 16.5 Å². The summed E-state index contributed by atoms with van der Waals surface area (Å²) < 4.78 is 51.0. The van der Waals surface area contributed by atoms with Gasteiger partial charge in [-0.15, -0.1) is 0 Å². The minimum absolute atomic E-state index is 0.184. The van der Waals surface area contributed by atoms with Crippen molar-refractivity contribution in [2.45, 2.75) is 4.90 Å². The number of benzene rings is 2. The van der Waals surface area contributed by atoms with Crippen molar-refractivity contribution in [2.75, 3.05) is 11.8 Å². The molecule has 0 aliphatic heterocycles. The van der Waals surface area contributed by atoms with E-state index < -0.39 is 15.8 Å². The summed E-state index contributed by atoms with van der Waals surface area (Å²) in [6.45, 7) is 0. The van der Waals surface area contributed by atoms with Crippen molar-refractivity contribution in [3.63, 3.8) is 0 Å². The largest absolute Gasteiger partial charge is 0.497 e. The van der Waals surface area contributed by atoms with Crippen LogP contribution in [0.1, 0.15) is 0 Å². The van der Waals surface area contributed by atoms with Gasteiger partial charge in [0.2, 0.25) is 5.89 Å². The first-order valence-electron chi connectivity index (χ1n) is 6.86. The first kappa shape index (κ1) is 16.0. The summed E-state index contributed by atoms with van der Waals surface area (Å²) in [4.78, 5) is 3.84. The van der Waals surface area contributed by atoms with Crippen molar-refractivity contribution >= 4 is 15.7 Å². The van der Waals surface area contributed by atoms with Crippen molar-refractivity contribution in [3.05, 3.63) is 60.7 Å². The van der Waals surface area contributed by atoms with Gasteiger partial charge in [0.15, 0.2) is 0 Å². The zero-order valence-corrected chi connectivity index (χ0v) is 13.4. The molecule has 0 spiro atoms. The number of hydrogen-bond acceptors (Lipinski definition) is 5. The molecule has 0 amide bonds. The second-order valence-corrected chi connectivity index (χ2v) is 6.49. The Kier molecular flexibility index (Phi) is 4.22. The van der Waals surface area contributed by atoms with Crippen LogP contribution < -0.4 is 9.46 Å². The van der Waals surface area contributed by atoms with E-state index in [1.807, 2.05) is 0 Å². The summed E-state index contributed by atoms with van der Waals surface area (Å²) >= 11 is 0. The minimum Gasteiger partial charge on any atom is -0.497 e. The Morgan fingerprint density at radius 3 is 2.71 bits per heavy atom. The van der Waals surface area contributed by atoms with Crippen molar-refractivity contribution < 1.29 is 22.0 Å². The van der Waals surface area contributed by atoms with E-state index in [0.29, 0.717) is 11.3 Å². The molecule has 3 rings (SSSR count). The maximum absolute atomic E-state index is 13.3. The van der Waals surface area contributed by atoms with E-state index in [1.54, 1.807) is 12.1 Å². The highest BCUT2D eigenvalue weighted by Gasteiger charge is 2.19. The molecule has 2 aromatic carbocycles. The van der Waals surface area contributed by atoms with E-state index in [0.717, 1.165) is 6.07 Å². The fraction of sp³-hybridized carbons (Fsp3) is 0.0625. The van der Waals surface area contributed by atoms with Crippen LogP contribution in [0.15, 0.2) is 64.2 Å². The van der Waals surface area contributed by atoms with E-state index in [4.69, 9.17) is 9.15 Å². The molecule has 0 radical (unpaired) electrons. The van der Waals surface area contributed by atoms with E-state index in [1.165, 1.54) is 43.8 Å². The van der Waals surface area contributed by atoms with E-state index >= 15 is 0 Å². The third-order valence-corrected chi connectivity index (χ3v) is 4.60. The normalized spacial score (nSPS) is 11.2. The van der Waals surface area contributed by atoms with Crippen molar-refractivity contribution in [2.24, 2.45) is 0 Å². The molecule has 24 heavy (non-hydrogen) atoms. The van der Waals surface area contributed by atoms with Crippen molar-refractivity contribution in [1.82, 2.24) is 4.98 Å². The third-order valence-electron chi connectivity index (χ3n) is 3.24. The lowest BCUT2D eigenvalue weighted by atomic mass is 10.1. The summed E-state index contributed by atoms with van der Waals surface area (Å²) in [6.07, 6.45) is 2.82. The van der Waals surface area contributed by atoms with Crippen LogP contribution >= 0.6 is 0 Å². The average molecular weight is 348 g/mol. The summed E-state index contributed by atoms with van der Waals surface area (Å²) in [6, 6.07) is 9.45. The topological polar surface area (TPSA) is 81.4 Å². The molecule has 124 valence electrons. The summed E-state index contributed by atoms with van der Waals surface area (Å²) in [5, 5.41) is 0. The summed E-state index contributed by atoms with van der Waals surface area (Å²) in [7, 11) is -2.48. The van der Waals surface area contributed by atoms with Crippen LogP contribution in [0.25, 0.3) is 11.5 Å². The van der Waals surface area contributed by atoms with Gasteiger partial charge in [0.05, 0.1) is 29.5 Å². The number of rotatable bonds is 5. The van der Waals surface area contributed by atoms with Crippen LogP contribution in [0.5, 0.6) is 5.75 Å². The van der Waals surface area contributed by atoms with Gasteiger partial charge in [-0.2, -0.15) is 0 Å². The Labute approximate surface area is 138 Å². The summed E-state index contributed by atoms with van der Waals surface area (Å²) in [5.74, 6) is 0.100. The molecule has 6 nitrogen and oxygen atoms in total. The number of oxazole rings is 1. The summed E-state index contributed by atoms with van der Waals surface area (Å²) in [5.41, 5.74) is 0.641. The molecule has 1 heterocycles. The Morgan fingerprint density at radius 2 is 2.04 bits per heavy atom. The van der Waals surface area contributed by atoms with Gasteiger partial charge >= 0.3 is 0 Å². The Morgan fingerprint density at radius 1 is 1.21 bits per heavy atom. The smallest absolute Gasteiger partial charge is 0.262 e. The molecular weight excluding hydrogens is 335 g/mol. The zero-order valence-electron chi connectivity index (χ0n) is 12.6. The lowest BCUT2D eigenvalue weighted by molar-refractivity contribution is 0.415. The number of ether oxygens (including phenoxy) is 1. The van der Waals surface area contributed by atoms with Gasteiger partial charge in [-0.3, -0.25) is 4.72 Å². The van der Waals surface area contributed by atoms with Crippen LogP contribution in [-0.2, 0) is 10.0 Å². The molecule has 0 aliphatic rings. The molecule has 0 bridgehead atoms. The molecule has 0 fully saturated rings. The van der Waals surface area contributed by atoms with Gasteiger partial charge < -0.3 is 9.15 Å². The molecule has 1 aromatic heterocycles. The fourth-order valence-corrected chi connectivity index (χ4v) is 3.22. The fourth-order valence-electron chi connectivity index (χ4n) is 2.11. The van der Waals surface area contributed by atoms with Gasteiger partial charge in [-0.1, -0.05) is 6.07 Å². The quantitative estimate of drug-likeness (QED) is 0.765.